The summed E-state index contributed by atoms with van der Waals surface area (Å²) in [4.78, 5) is 5.37. The Kier molecular flexibility index (Phi) is 15.3. The molecule has 0 fully saturated rings. The van der Waals surface area contributed by atoms with E-state index in [0.717, 1.165) is 156 Å². The lowest BCUT2D eigenvalue weighted by molar-refractivity contribution is 0.590. The number of hydrogen-bond acceptors (Lipinski definition) is 4. The molecule has 510 valence electrons. The van der Waals surface area contributed by atoms with E-state index < -0.39 is 0 Å². The van der Waals surface area contributed by atoms with Crippen molar-refractivity contribution in [2.75, 3.05) is 9.80 Å². The lowest BCUT2D eigenvalue weighted by atomic mass is 9.33. The fraction of sp³-hybridized carbons (Fsp3) is 0.160. The third kappa shape index (κ3) is 11.1. The second-order valence-electron chi connectivity index (χ2n) is 33.2. The molecular formula is C100H85BN2O2. The third-order valence-electron chi connectivity index (χ3n) is 22.4. The molecule has 0 bridgehead atoms. The van der Waals surface area contributed by atoms with E-state index in [4.69, 9.17) is 8.83 Å². The van der Waals surface area contributed by atoms with Crippen molar-refractivity contribution in [2.45, 2.75) is 105 Å². The molecule has 18 rings (SSSR count). The molecule has 2 aliphatic heterocycles. The zero-order valence-corrected chi connectivity index (χ0v) is 62.1. The first kappa shape index (κ1) is 65.4. The Morgan fingerprint density at radius 1 is 0.238 bits per heavy atom. The molecule has 4 nitrogen and oxygen atoms in total. The second kappa shape index (κ2) is 24.5. The molecule has 2 aromatic heterocycles. The van der Waals surface area contributed by atoms with Crippen LogP contribution < -0.4 is 26.2 Å². The summed E-state index contributed by atoms with van der Waals surface area (Å²) in [5.41, 5.74) is 34.5. The molecular weight excluding hydrogens is 1270 g/mol. The van der Waals surface area contributed by atoms with E-state index in [1.54, 1.807) is 0 Å². The van der Waals surface area contributed by atoms with Crippen LogP contribution in [0.2, 0.25) is 0 Å². The van der Waals surface area contributed by atoms with Gasteiger partial charge in [-0.1, -0.05) is 332 Å². The van der Waals surface area contributed by atoms with Gasteiger partial charge in [0.15, 0.2) is 0 Å². The Morgan fingerprint density at radius 2 is 0.543 bits per heavy atom. The van der Waals surface area contributed by atoms with Gasteiger partial charge in [0.25, 0.3) is 6.71 Å². The zero-order valence-electron chi connectivity index (χ0n) is 62.1. The first-order chi connectivity index (χ1) is 50.6. The first-order valence-electron chi connectivity index (χ1n) is 37.2. The molecule has 0 radical (unpaired) electrons. The van der Waals surface area contributed by atoms with Gasteiger partial charge in [-0.2, -0.15) is 0 Å². The summed E-state index contributed by atoms with van der Waals surface area (Å²) in [5.74, 6) is 0. The van der Waals surface area contributed by atoms with Gasteiger partial charge in [-0.05, 0) is 164 Å². The monoisotopic (exact) mass is 1360 g/mol. The quantitative estimate of drug-likeness (QED) is 0.135. The summed E-state index contributed by atoms with van der Waals surface area (Å²) in [7, 11) is 0. The average molecular weight is 1360 g/mol. The number of benzene rings is 14. The van der Waals surface area contributed by atoms with Crippen molar-refractivity contribution in [3.63, 3.8) is 0 Å². The highest BCUT2D eigenvalue weighted by Gasteiger charge is 2.46. The van der Waals surface area contributed by atoms with Gasteiger partial charge in [0, 0.05) is 66.5 Å². The Morgan fingerprint density at radius 3 is 0.895 bits per heavy atom. The minimum absolute atomic E-state index is 0.0499. The van der Waals surface area contributed by atoms with Gasteiger partial charge in [0.2, 0.25) is 0 Å². The van der Waals surface area contributed by atoms with Crippen molar-refractivity contribution in [2.24, 2.45) is 0 Å². The van der Waals surface area contributed by atoms with Gasteiger partial charge >= 0.3 is 0 Å². The Labute approximate surface area is 618 Å². The van der Waals surface area contributed by atoms with Crippen LogP contribution in [0.15, 0.2) is 306 Å². The number of para-hydroxylation sites is 4. The fourth-order valence-corrected chi connectivity index (χ4v) is 16.7. The van der Waals surface area contributed by atoms with Gasteiger partial charge in [0.1, 0.15) is 22.3 Å². The molecule has 0 atom stereocenters. The largest absolute Gasteiger partial charge is 0.456 e. The average Bonchev–Trinajstić information content (AvgIpc) is 1.04. The third-order valence-corrected chi connectivity index (χ3v) is 22.4. The standard InChI is InChI=1S/C100H85BN2O2/c1-97(2,3)70-48-38-63(39-49-70)76-30-20-31-77(64-40-50-71(51-41-64)98(4,5)6)95(76)102-84-56-46-67(74-28-22-36-90-92(74)80-26-16-18-34-88(80)104-90)58-82(84)101-83-59-68(75-29-23-37-91-93(75)81-27-17-19-35-89(81)105-91)47-57-85(83)103(87-61-69(60-86(102)94(87)101)62-24-14-13-15-25-62)96-78(65-42-52-72(53-43-65)99(7,8)9)32-21-33-79(96)66-44-54-73(55-45-66)100(10,11)12/h13-61H,1-12H3. The number of fused-ring (bicyclic) bond motifs is 10. The van der Waals surface area contributed by atoms with Gasteiger partial charge in [0.05, 0.1) is 11.4 Å². The second-order valence-corrected chi connectivity index (χ2v) is 33.2. The Balaban J connectivity index is 1.01. The predicted molar refractivity (Wildman–Crippen MR) is 448 cm³/mol. The Bertz CT molecular complexity index is 5600. The van der Waals surface area contributed by atoms with Gasteiger partial charge in [-0.25, -0.2) is 0 Å². The van der Waals surface area contributed by atoms with E-state index in [1.807, 2.05) is 0 Å². The van der Waals surface area contributed by atoms with Crippen molar-refractivity contribution in [1.29, 1.82) is 0 Å². The van der Waals surface area contributed by atoms with Crippen LogP contribution in [0, 0.1) is 0 Å². The minimum Gasteiger partial charge on any atom is -0.456 e. The molecule has 0 N–H and O–H groups in total. The lowest BCUT2D eigenvalue weighted by Gasteiger charge is -2.46. The zero-order chi connectivity index (χ0) is 72.0. The van der Waals surface area contributed by atoms with Crippen LogP contribution in [-0.2, 0) is 21.7 Å². The smallest absolute Gasteiger partial charge is 0.252 e. The van der Waals surface area contributed by atoms with Crippen LogP contribution in [0.4, 0.5) is 34.1 Å². The fourth-order valence-electron chi connectivity index (χ4n) is 16.7. The molecule has 16 aromatic rings. The van der Waals surface area contributed by atoms with Crippen molar-refractivity contribution in [3.8, 4) is 77.9 Å². The number of furan rings is 2. The summed E-state index contributed by atoms with van der Waals surface area (Å²) < 4.78 is 13.5. The molecule has 105 heavy (non-hydrogen) atoms. The SMILES string of the molecule is CC(C)(C)c1ccc(-c2cccc(-c3ccc(C(C)(C)C)cc3)c2N2c3ccc(-c4cccc5oc6ccccc6c45)cc3B3c4cc(-c5cccc6oc7ccccc7c56)ccc4N(c4c(-c5ccc(C(C)(C)C)cc5)cccc4-c4ccc(C(C)(C)C)cc4)c4cc(-c5ccccc5)cc2c43)cc1. The van der Waals surface area contributed by atoms with Crippen LogP contribution >= 0.6 is 0 Å². The summed E-state index contributed by atoms with van der Waals surface area (Å²) in [6, 6.07) is 113. The van der Waals surface area contributed by atoms with Crippen LogP contribution in [0.5, 0.6) is 0 Å². The topological polar surface area (TPSA) is 32.8 Å². The highest BCUT2D eigenvalue weighted by Crippen LogP contribution is 2.55. The molecule has 0 amide bonds. The molecule has 0 saturated heterocycles. The van der Waals surface area contributed by atoms with Crippen molar-refractivity contribution >= 4 is 101 Å². The van der Waals surface area contributed by atoms with Crippen LogP contribution in [0.1, 0.15) is 105 Å². The van der Waals surface area contributed by atoms with Crippen molar-refractivity contribution < 1.29 is 8.83 Å². The Hall–Kier alpha value is -11.7. The van der Waals surface area contributed by atoms with Gasteiger partial charge in [-0.3, -0.25) is 0 Å². The van der Waals surface area contributed by atoms with Crippen LogP contribution in [0.25, 0.3) is 122 Å². The van der Waals surface area contributed by atoms with E-state index in [9.17, 15) is 0 Å². The number of hydrogen-bond donors (Lipinski definition) is 0. The number of nitrogens with zero attached hydrogens (tertiary/aromatic N) is 2. The van der Waals surface area contributed by atoms with Gasteiger partial charge < -0.3 is 18.6 Å². The molecule has 5 heteroatoms. The normalized spacial score (nSPS) is 13.1. The maximum Gasteiger partial charge on any atom is 0.252 e. The number of rotatable bonds is 9. The highest BCUT2D eigenvalue weighted by molar-refractivity contribution is 7.00. The molecule has 0 saturated carbocycles. The maximum atomic E-state index is 6.74. The van der Waals surface area contributed by atoms with Crippen LogP contribution in [0.3, 0.4) is 0 Å². The minimum atomic E-state index is -0.321. The highest BCUT2D eigenvalue weighted by atomic mass is 16.3. The van der Waals surface area contributed by atoms with Crippen LogP contribution in [-0.4, -0.2) is 6.71 Å². The van der Waals surface area contributed by atoms with Crippen molar-refractivity contribution in [3.05, 3.63) is 320 Å². The molecule has 0 aliphatic carbocycles. The predicted octanol–water partition coefficient (Wildman–Crippen LogP) is 26.4. The summed E-state index contributed by atoms with van der Waals surface area (Å²) >= 11 is 0. The van der Waals surface area contributed by atoms with E-state index in [1.165, 1.54) is 38.6 Å². The van der Waals surface area contributed by atoms with E-state index in [-0.39, 0.29) is 28.4 Å². The lowest BCUT2D eigenvalue weighted by Crippen LogP contribution is -2.61. The summed E-state index contributed by atoms with van der Waals surface area (Å²) in [5, 5.41) is 4.40. The molecule has 0 spiro atoms. The van der Waals surface area contributed by atoms with E-state index in [0.29, 0.717) is 0 Å². The van der Waals surface area contributed by atoms with Crippen molar-refractivity contribution in [1.82, 2.24) is 0 Å². The van der Waals surface area contributed by atoms with E-state index >= 15 is 0 Å². The molecule has 0 unspecified atom stereocenters. The molecule has 14 aromatic carbocycles. The first-order valence-corrected chi connectivity index (χ1v) is 37.2. The summed E-state index contributed by atoms with van der Waals surface area (Å²) in [6.07, 6.45) is 0. The van der Waals surface area contributed by atoms with Gasteiger partial charge in [-0.15, -0.1) is 0 Å². The molecule has 2 aliphatic rings. The molecule has 4 heterocycles. The summed E-state index contributed by atoms with van der Waals surface area (Å²) in [6.45, 7) is 27.3. The van der Waals surface area contributed by atoms with E-state index in [2.05, 4.69) is 390 Å². The number of anilines is 6. The maximum absolute atomic E-state index is 6.74.